The minimum atomic E-state index is -0.119. The first-order valence-corrected chi connectivity index (χ1v) is 11.8. The Morgan fingerprint density at radius 1 is 1.06 bits per heavy atom. The molecule has 31 heavy (non-hydrogen) atoms. The number of carbonyl (C=O) groups excluding carboxylic acids is 2. The summed E-state index contributed by atoms with van der Waals surface area (Å²) in [4.78, 5) is 28.7. The largest absolute Gasteiger partial charge is 0.385 e. The number of methoxy groups -OCH3 is 1. The molecule has 1 aliphatic heterocycles. The van der Waals surface area contributed by atoms with E-state index in [0.29, 0.717) is 30.2 Å². The van der Waals surface area contributed by atoms with Crippen LogP contribution < -0.4 is 15.5 Å². The minimum absolute atomic E-state index is 0.0916. The van der Waals surface area contributed by atoms with Crippen molar-refractivity contribution in [2.24, 2.45) is 0 Å². The third-order valence-electron chi connectivity index (χ3n) is 5.15. The first kappa shape index (κ1) is 23.2. The molecule has 6 nitrogen and oxygen atoms in total. The summed E-state index contributed by atoms with van der Waals surface area (Å²) in [6.07, 6.45) is 4.24. The van der Waals surface area contributed by atoms with Gasteiger partial charge in [0.1, 0.15) is 0 Å². The summed E-state index contributed by atoms with van der Waals surface area (Å²) in [5.41, 5.74) is 2.18. The molecular formula is C24H31N3O3S. The Bertz CT molecular complexity index is 854. The van der Waals surface area contributed by atoms with E-state index < -0.39 is 0 Å². The van der Waals surface area contributed by atoms with Gasteiger partial charge in [-0.05, 0) is 56.0 Å². The maximum Gasteiger partial charge on any atom is 0.253 e. The number of piperidine rings is 1. The number of anilines is 2. The van der Waals surface area contributed by atoms with E-state index in [0.717, 1.165) is 42.9 Å². The number of nitrogens with one attached hydrogen (secondary N) is 2. The van der Waals surface area contributed by atoms with Crippen LogP contribution in [0.5, 0.6) is 0 Å². The molecule has 0 saturated carbocycles. The van der Waals surface area contributed by atoms with E-state index in [1.54, 1.807) is 13.2 Å². The number of nitrogens with zero attached hydrogens (tertiary/aromatic N) is 1. The summed E-state index contributed by atoms with van der Waals surface area (Å²) in [5.74, 6) is 0.105. The Kier molecular flexibility index (Phi) is 9.24. The second-order valence-corrected chi connectivity index (χ2v) is 8.58. The van der Waals surface area contributed by atoms with Gasteiger partial charge in [-0.3, -0.25) is 9.59 Å². The topological polar surface area (TPSA) is 70.7 Å². The average Bonchev–Trinajstić information content (AvgIpc) is 2.81. The number of amides is 2. The zero-order valence-electron chi connectivity index (χ0n) is 18.1. The molecule has 1 fully saturated rings. The molecule has 0 spiro atoms. The molecule has 166 valence electrons. The van der Waals surface area contributed by atoms with E-state index in [1.807, 2.05) is 42.5 Å². The van der Waals surface area contributed by atoms with Gasteiger partial charge in [0.2, 0.25) is 5.91 Å². The Hall–Kier alpha value is -2.51. The molecule has 0 atom stereocenters. The summed E-state index contributed by atoms with van der Waals surface area (Å²) in [5, 5.41) is 5.91. The van der Waals surface area contributed by atoms with Crippen molar-refractivity contribution in [3.8, 4) is 0 Å². The molecule has 7 heteroatoms. The van der Waals surface area contributed by atoms with Crippen molar-refractivity contribution in [3.05, 3.63) is 54.1 Å². The van der Waals surface area contributed by atoms with Crippen LogP contribution in [0, 0.1) is 0 Å². The van der Waals surface area contributed by atoms with Gasteiger partial charge in [-0.2, -0.15) is 0 Å². The fraction of sp³-hybridized carbons (Fsp3) is 0.417. The van der Waals surface area contributed by atoms with Crippen molar-refractivity contribution in [2.75, 3.05) is 49.3 Å². The van der Waals surface area contributed by atoms with Gasteiger partial charge in [0, 0.05) is 49.6 Å². The standard InChI is InChI=1S/C24H31N3O3S/c1-30-16-8-13-25-24(29)21-17-19(11-12-22(21)27-14-6-3-7-15-27)26-23(28)18-31-20-9-4-2-5-10-20/h2,4-5,9-12,17H,3,6-8,13-16,18H2,1H3,(H,25,29)(H,26,28). The predicted molar refractivity (Wildman–Crippen MR) is 127 cm³/mol. The van der Waals surface area contributed by atoms with Crippen molar-refractivity contribution >= 4 is 35.0 Å². The third kappa shape index (κ3) is 7.29. The Morgan fingerprint density at radius 2 is 1.84 bits per heavy atom. The van der Waals surface area contributed by atoms with Crippen LogP contribution in [0.1, 0.15) is 36.0 Å². The molecule has 0 radical (unpaired) electrons. The van der Waals surface area contributed by atoms with Crippen molar-refractivity contribution in [1.82, 2.24) is 5.32 Å². The second-order valence-electron chi connectivity index (χ2n) is 7.53. The van der Waals surface area contributed by atoms with E-state index in [9.17, 15) is 9.59 Å². The summed E-state index contributed by atoms with van der Waals surface area (Å²) in [7, 11) is 1.65. The maximum atomic E-state index is 12.9. The van der Waals surface area contributed by atoms with Crippen molar-refractivity contribution in [1.29, 1.82) is 0 Å². The van der Waals surface area contributed by atoms with E-state index in [2.05, 4.69) is 15.5 Å². The fourth-order valence-corrected chi connectivity index (χ4v) is 4.30. The van der Waals surface area contributed by atoms with E-state index in [-0.39, 0.29) is 11.8 Å². The van der Waals surface area contributed by atoms with Gasteiger partial charge in [-0.1, -0.05) is 18.2 Å². The lowest BCUT2D eigenvalue weighted by Gasteiger charge is -2.30. The SMILES string of the molecule is COCCCNC(=O)c1cc(NC(=O)CSc2ccccc2)ccc1N1CCCCC1. The molecule has 0 aromatic heterocycles. The number of hydrogen-bond donors (Lipinski definition) is 2. The van der Waals surface area contributed by atoms with Crippen molar-refractivity contribution in [3.63, 3.8) is 0 Å². The molecule has 1 heterocycles. The van der Waals surface area contributed by atoms with Crippen LogP contribution in [0.15, 0.2) is 53.4 Å². The molecule has 2 N–H and O–H groups in total. The molecule has 2 aromatic rings. The highest BCUT2D eigenvalue weighted by atomic mass is 32.2. The highest BCUT2D eigenvalue weighted by Gasteiger charge is 2.19. The first-order valence-electron chi connectivity index (χ1n) is 10.8. The molecule has 0 bridgehead atoms. The number of hydrogen-bond acceptors (Lipinski definition) is 5. The van der Waals surface area contributed by atoms with E-state index in [4.69, 9.17) is 4.74 Å². The third-order valence-corrected chi connectivity index (χ3v) is 6.16. The lowest BCUT2D eigenvalue weighted by atomic mass is 10.1. The minimum Gasteiger partial charge on any atom is -0.385 e. The van der Waals surface area contributed by atoms with Crippen LogP contribution in [0.3, 0.4) is 0 Å². The van der Waals surface area contributed by atoms with Crippen LogP contribution in [0.2, 0.25) is 0 Å². The monoisotopic (exact) mass is 441 g/mol. The molecule has 3 rings (SSSR count). The summed E-state index contributed by atoms with van der Waals surface area (Å²) in [6, 6.07) is 15.5. The van der Waals surface area contributed by atoms with Crippen LogP contribution >= 0.6 is 11.8 Å². The van der Waals surface area contributed by atoms with E-state index in [1.165, 1.54) is 18.2 Å². The van der Waals surface area contributed by atoms with Gasteiger partial charge in [-0.15, -0.1) is 11.8 Å². The Morgan fingerprint density at radius 3 is 2.58 bits per heavy atom. The fourth-order valence-electron chi connectivity index (χ4n) is 3.58. The molecular weight excluding hydrogens is 410 g/mol. The van der Waals surface area contributed by atoms with Crippen LogP contribution in [-0.4, -0.2) is 50.9 Å². The van der Waals surface area contributed by atoms with Gasteiger partial charge < -0.3 is 20.3 Å². The molecule has 2 aromatic carbocycles. The number of carbonyl (C=O) groups is 2. The zero-order chi connectivity index (χ0) is 21.9. The number of ether oxygens (including phenoxy) is 1. The highest BCUT2D eigenvalue weighted by Crippen LogP contribution is 2.27. The van der Waals surface area contributed by atoms with Crippen LogP contribution in [0.4, 0.5) is 11.4 Å². The second kappa shape index (κ2) is 12.4. The normalized spacial score (nSPS) is 13.6. The Balaban J connectivity index is 1.68. The molecule has 1 aliphatic rings. The quantitative estimate of drug-likeness (QED) is 0.428. The zero-order valence-corrected chi connectivity index (χ0v) is 18.9. The highest BCUT2D eigenvalue weighted by molar-refractivity contribution is 8.00. The number of thioether (sulfide) groups is 1. The molecule has 1 saturated heterocycles. The molecule has 2 amide bonds. The number of rotatable bonds is 10. The molecule has 0 aliphatic carbocycles. The smallest absolute Gasteiger partial charge is 0.253 e. The van der Waals surface area contributed by atoms with Gasteiger partial charge in [0.15, 0.2) is 0 Å². The van der Waals surface area contributed by atoms with Gasteiger partial charge in [0.05, 0.1) is 11.3 Å². The van der Waals surface area contributed by atoms with E-state index >= 15 is 0 Å². The van der Waals surface area contributed by atoms with Gasteiger partial charge in [-0.25, -0.2) is 0 Å². The Labute approximate surface area is 188 Å². The van der Waals surface area contributed by atoms with Crippen LogP contribution in [0.25, 0.3) is 0 Å². The predicted octanol–water partition coefficient (Wildman–Crippen LogP) is 4.17. The van der Waals surface area contributed by atoms with Crippen LogP contribution in [-0.2, 0) is 9.53 Å². The first-order chi connectivity index (χ1) is 15.2. The maximum absolute atomic E-state index is 12.9. The average molecular weight is 442 g/mol. The van der Waals surface area contributed by atoms with Crippen molar-refractivity contribution in [2.45, 2.75) is 30.6 Å². The van der Waals surface area contributed by atoms with Crippen molar-refractivity contribution < 1.29 is 14.3 Å². The van der Waals surface area contributed by atoms with Gasteiger partial charge >= 0.3 is 0 Å². The number of benzene rings is 2. The summed E-state index contributed by atoms with van der Waals surface area (Å²) >= 11 is 1.49. The lowest BCUT2D eigenvalue weighted by Crippen LogP contribution is -2.33. The summed E-state index contributed by atoms with van der Waals surface area (Å²) < 4.78 is 5.06. The summed E-state index contributed by atoms with van der Waals surface area (Å²) in [6.45, 7) is 3.05. The lowest BCUT2D eigenvalue weighted by molar-refractivity contribution is -0.113. The molecule has 0 unspecified atom stereocenters. The van der Waals surface area contributed by atoms with Gasteiger partial charge in [0.25, 0.3) is 5.91 Å².